The zero-order valence-corrected chi connectivity index (χ0v) is 20.3. The van der Waals surface area contributed by atoms with Crippen LogP contribution < -0.4 is 5.56 Å². The number of ether oxygens (including phenoxy) is 1. The average Bonchev–Trinajstić information content (AvgIpc) is 2.82. The molecule has 1 aromatic heterocycles. The molecule has 3 atom stereocenters. The number of fused-ring (bicyclic) bond motifs is 6. The maximum atomic E-state index is 13.6. The first-order valence-corrected chi connectivity index (χ1v) is 13.6. The van der Waals surface area contributed by atoms with Gasteiger partial charge in [-0.05, 0) is 82.3 Å². The lowest BCUT2D eigenvalue weighted by atomic mass is 9.65. The Balaban J connectivity index is 1.37. The summed E-state index contributed by atoms with van der Waals surface area (Å²) >= 11 is 0. The summed E-state index contributed by atoms with van der Waals surface area (Å²) in [5, 5.41) is 0. The first kappa shape index (κ1) is 22.3. The number of benzene rings is 1. The fourth-order valence-corrected chi connectivity index (χ4v) is 8.06. The number of piperidine rings is 2. The van der Waals surface area contributed by atoms with Gasteiger partial charge in [-0.3, -0.25) is 9.69 Å². The van der Waals surface area contributed by atoms with Crippen LogP contribution in [0.15, 0.2) is 29.1 Å². The Morgan fingerprint density at radius 3 is 2.21 bits per heavy atom. The summed E-state index contributed by atoms with van der Waals surface area (Å²) in [7, 11) is 0. The van der Waals surface area contributed by atoms with Gasteiger partial charge in [0.15, 0.2) is 0 Å². The number of rotatable bonds is 4. The van der Waals surface area contributed by atoms with E-state index in [1.807, 2.05) is 28.8 Å². The molecular weight excluding hydrogens is 426 g/mol. The maximum absolute atomic E-state index is 13.6. The number of carbonyl (C=O) groups is 1. The predicted molar refractivity (Wildman–Crippen MR) is 132 cm³/mol. The standard InChI is InChI=1S/C28H37N3O3/c1-2-34-28(33)25-27(32)31(24-15-4-3-14-23(24)29-25)22-16-20-12-7-13-21(17-22)30(20)26-18-8-5-9-19(26)11-6-10-18/h3-4,14-15,18-22,26H,2,5-13,16-17H2,1H3/t18?,19?,20-,21+,22?,26?. The van der Waals surface area contributed by atoms with Crippen molar-refractivity contribution < 1.29 is 9.53 Å². The summed E-state index contributed by atoms with van der Waals surface area (Å²) in [4.78, 5) is 33.6. The van der Waals surface area contributed by atoms with E-state index in [9.17, 15) is 9.59 Å². The van der Waals surface area contributed by atoms with Crippen LogP contribution in [0.1, 0.15) is 94.1 Å². The van der Waals surface area contributed by atoms with Crippen LogP contribution in [0.4, 0.5) is 0 Å². The Morgan fingerprint density at radius 1 is 0.941 bits per heavy atom. The van der Waals surface area contributed by atoms with Crippen molar-refractivity contribution in [3.05, 3.63) is 40.3 Å². The molecule has 6 nitrogen and oxygen atoms in total. The van der Waals surface area contributed by atoms with Gasteiger partial charge in [-0.2, -0.15) is 0 Å². The third-order valence-electron chi connectivity index (χ3n) is 9.24. The van der Waals surface area contributed by atoms with Gasteiger partial charge in [-0.1, -0.05) is 31.4 Å². The van der Waals surface area contributed by atoms with Crippen molar-refractivity contribution >= 4 is 17.0 Å². The van der Waals surface area contributed by atoms with E-state index < -0.39 is 5.97 Å². The van der Waals surface area contributed by atoms with Crippen LogP contribution in [0.3, 0.4) is 0 Å². The Labute approximate surface area is 201 Å². The van der Waals surface area contributed by atoms with E-state index >= 15 is 0 Å². The summed E-state index contributed by atoms with van der Waals surface area (Å²) in [5.41, 5.74) is 1.17. The summed E-state index contributed by atoms with van der Waals surface area (Å²) in [5.74, 6) is 1.12. The third-order valence-corrected chi connectivity index (χ3v) is 9.24. The summed E-state index contributed by atoms with van der Waals surface area (Å²) in [6, 6.07) is 9.67. The Bertz CT molecular complexity index is 1090. The number of para-hydroxylation sites is 2. The second-order valence-electron chi connectivity index (χ2n) is 11.0. The highest BCUT2D eigenvalue weighted by Crippen LogP contribution is 2.49. The fourth-order valence-electron chi connectivity index (χ4n) is 8.06. The lowest BCUT2D eigenvalue weighted by Gasteiger charge is -2.58. The van der Waals surface area contributed by atoms with Gasteiger partial charge >= 0.3 is 5.97 Å². The molecule has 2 aliphatic heterocycles. The minimum atomic E-state index is -0.611. The molecule has 0 N–H and O–H groups in total. The van der Waals surface area contributed by atoms with Gasteiger partial charge in [-0.15, -0.1) is 0 Å². The Hall–Kier alpha value is -2.21. The molecule has 4 aliphatic rings. The first-order chi connectivity index (χ1) is 16.7. The minimum absolute atomic E-state index is 0.0741. The predicted octanol–water partition coefficient (Wildman–Crippen LogP) is 5.10. The number of aromatic nitrogens is 2. The molecule has 4 fully saturated rings. The van der Waals surface area contributed by atoms with Gasteiger partial charge in [0.1, 0.15) is 0 Å². The zero-order valence-electron chi connectivity index (χ0n) is 20.3. The molecule has 2 aromatic rings. The van der Waals surface area contributed by atoms with Crippen molar-refractivity contribution in [3.63, 3.8) is 0 Å². The molecule has 182 valence electrons. The van der Waals surface area contributed by atoms with Crippen molar-refractivity contribution in [2.45, 2.75) is 102 Å². The average molecular weight is 464 g/mol. The smallest absolute Gasteiger partial charge is 0.362 e. The number of hydrogen-bond donors (Lipinski definition) is 0. The van der Waals surface area contributed by atoms with E-state index in [0.717, 1.165) is 36.2 Å². The molecule has 0 radical (unpaired) electrons. The molecule has 0 spiro atoms. The van der Waals surface area contributed by atoms with Crippen LogP contribution in [0.2, 0.25) is 0 Å². The molecule has 1 aromatic carbocycles. The quantitative estimate of drug-likeness (QED) is 0.590. The SMILES string of the molecule is CCOC(=O)c1nc2ccccc2n(C2C[C@H]3CCC[C@@H](C2)N3C2C3CCCC2CCC3)c1=O. The fraction of sp³-hybridized carbons (Fsp3) is 0.679. The normalized spacial score (nSPS) is 33.6. The number of hydrogen-bond acceptors (Lipinski definition) is 5. The molecule has 6 heteroatoms. The second kappa shape index (κ2) is 9.10. The maximum Gasteiger partial charge on any atom is 0.362 e. The monoisotopic (exact) mass is 463 g/mol. The van der Waals surface area contributed by atoms with Crippen LogP contribution in [0, 0.1) is 11.8 Å². The summed E-state index contributed by atoms with van der Waals surface area (Å²) < 4.78 is 7.09. The largest absolute Gasteiger partial charge is 0.461 e. The molecule has 34 heavy (non-hydrogen) atoms. The van der Waals surface area contributed by atoms with E-state index in [4.69, 9.17) is 4.74 Å². The molecule has 2 aliphatic carbocycles. The van der Waals surface area contributed by atoms with Gasteiger partial charge in [-0.25, -0.2) is 9.78 Å². The van der Waals surface area contributed by atoms with Crippen molar-refractivity contribution in [2.75, 3.05) is 6.61 Å². The van der Waals surface area contributed by atoms with E-state index in [1.165, 1.54) is 57.8 Å². The van der Waals surface area contributed by atoms with Crippen LogP contribution in [0.5, 0.6) is 0 Å². The van der Waals surface area contributed by atoms with Gasteiger partial charge in [0.25, 0.3) is 5.56 Å². The zero-order chi connectivity index (χ0) is 23.2. The molecule has 6 rings (SSSR count). The van der Waals surface area contributed by atoms with E-state index in [0.29, 0.717) is 17.6 Å². The van der Waals surface area contributed by atoms with Crippen molar-refractivity contribution in [2.24, 2.45) is 11.8 Å². The van der Waals surface area contributed by atoms with Gasteiger partial charge in [0, 0.05) is 24.2 Å². The molecule has 1 unspecified atom stereocenters. The molecule has 0 amide bonds. The Kier molecular flexibility index (Phi) is 5.96. The minimum Gasteiger partial charge on any atom is -0.461 e. The number of nitrogens with zero attached hydrogens (tertiary/aromatic N) is 3. The third kappa shape index (κ3) is 3.69. The van der Waals surface area contributed by atoms with Crippen molar-refractivity contribution in [3.8, 4) is 0 Å². The van der Waals surface area contributed by atoms with Crippen molar-refractivity contribution in [1.82, 2.24) is 14.5 Å². The lowest BCUT2D eigenvalue weighted by molar-refractivity contribution is -0.0818. The molecule has 2 saturated heterocycles. The van der Waals surface area contributed by atoms with Crippen LogP contribution in [-0.2, 0) is 4.74 Å². The highest BCUT2D eigenvalue weighted by atomic mass is 16.5. The molecular formula is C28H37N3O3. The van der Waals surface area contributed by atoms with Gasteiger partial charge in [0.05, 0.1) is 17.6 Å². The van der Waals surface area contributed by atoms with E-state index in [-0.39, 0.29) is 23.9 Å². The molecule has 2 saturated carbocycles. The van der Waals surface area contributed by atoms with E-state index in [1.54, 1.807) is 6.92 Å². The number of esters is 1. The Morgan fingerprint density at radius 2 is 1.56 bits per heavy atom. The van der Waals surface area contributed by atoms with Gasteiger partial charge in [0.2, 0.25) is 5.69 Å². The second-order valence-corrected chi connectivity index (χ2v) is 11.0. The van der Waals surface area contributed by atoms with Crippen LogP contribution in [0.25, 0.3) is 11.0 Å². The number of carbonyl (C=O) groups excluding carboxylic acids is 1. The van der Waals surface area contributed by atoms with Crippen LogP contribution >= 0.6 is 0 Å². The highest BCUT2D eigenvalue weighted by Gasteiger charge is 2.48. The molecule has 4 bridgehead atoms. The summed E-state index contributed by atoms with van der Waals surface area (Å²) in [6.45, 7) is 1.99. The van der Waals surface area contributed by atoms with Gasteiger partial charge < -0.3 is 9.30 Å². The molecule has 3 heterocycles. The highest BCUT2D eigenvalue weighted by molar-refractivity contribution is 5.89. The lowest BCUT2D eigenvalue weighted by Crippen LogP contribution is -2.62. The van der Waals surface area contributed by atoms with Crippen LogP contribution in [-0.4, -0.2) is 45.2 Å². The van der Waals surface area contributed by atoms with Crippen molar-refractivity contribution in [1.29, 1.82) is 0 Å². The topological polar surface area (TPSA) is 64.4 Å². The van der Waals surface area contributed by atoms with E-state index in [2.05, 4.69) is 9.88 Å². The first-order valence-electron chi connectivity index (χ1n) is 13.6. The summed E-state index contributed by atoms with van der Waals surface area (Å²) in [6.07, 6.45) is 14.1.